The maximum atomic E-state index is 11.9. The molecule has 0 amide bonds. The number of carbonyl (C=O) groups excluding carboxylic acids is 1. The van der Waals surface area contributed by atoms with Crippen molar-refractivity contribution in [3.05, 3.63) is 24.3 Å². The molecular weight excluding hydrogens is 242 g/mol. The molecule has 0 bridgehead atoms. The highest BCUT2D eigenvalue weighted by Gasteiger charge is 2.51. The lowest BCUT2D eigenvalue weighted by Gasteiger charge is -2.14. The molecular formula is C8H6F6O2. The van der Waals surface area contributed by atoms with Crippen LogP contribution >= 0.6 is 0 Å². The predicted octanol–water partition coefficient (Wildman–Crippen LogP) is 2.77. The van der Waals surface area contributed by atoms with E-state index in [1.165, 1.54) is 0 Å². The summed E-state index contributed by atoms with van der Waals surface area (Å²) in [4.78, 5) is 10.6. The Hall–Kier alpha value is -1.47. The molecule has 16 heavy (non-hydrogen) atoms. The molecule has 0 N–H and O–H groups in total. The predicted molar refractivity (Wildman–Crippen MR) is 41.3 cm³/mol. The van der Waals surface area contributed by atoms with E-state index in [2.05, 4.69) is 11.3 Å². The topological polar surface area (TPSA) is 26.3 Å². The summed E-state index contributed by atoms with van der Waals surface area (Å²) >= 11 is 0. The molecule has 0 aliphatic rings. The number of hydrogen-bond acceptors (Lipinski definition) is 2. The van der Waals surface area contributed by atoms with E-state index in [0.29, 0.717) is 0 Å². The Morgan fingerprint density at radius 1 is 1.12 bits per heavy atom. The van der Waals surface area contributed by atoms with Gasteiger partial charge in [0.2, 0.25) is 0 Å². The Balaban J connectivity index is 4.99. The van der Waals surface area contributed by atoms with Crippen molar-refractivity contribution in [3.8, 4) is 0 Å². The van der Waals surface area contributed by atoms with Crippen molar-refractivity contribution in [2.45, 2.75) is 12.4 Å². The second-order valence-corrected chi connectivity index (χ2v) is 2.47. The highest BCUT2D eigenvalue weighted by Crippen LogP contribution is 2.38. The number of ether oxygens (including phenoxy) is 1. The Bertz CT molecular complexity index is 283. The van der Waals surface area contributed by atoms with Crippen molar-refractivity contribution in [1.82, 2.24) is 0 Å². The number of hydrogen-bond donors (Lipinski definition) is 0. The molecule has 0 aliphatic carbocycles. The molecule has 0 aromatic carbocycles. The van der Waals surface area contributed by atoms with Gasteiger partial charge in [-0.1, -0.05) is 12.7 Å². The van der Waals surface area contributed by atoms with Gasteiger partial charge in [0.05, 0.1) is 0 Å². The van der Waals surface area contributed by atoms with Crippen LogP contribution in [0.5, 0.6) is 0 Å². The standard InChI is InChI=1S/C8H6F6O2/c1-2-3-16-6(15)4-5(7(9,10)11)8(12,13)14/h2,4H,1,3H2. The molecule has 0 atom stereocenters. The van der Waals surface area contributed by atoms with Gasteiger partial charge < -0.3 is 4.74 Å². The van der Waals surface area contributed by atoms with Crippen molar-refractivity contribution in [2.24, 2.45) is 0 Å². The summed E-state index contributed by atoms with van der Waals surface area (Å²) in [5.41, 5.74) is -2.91. The Kier molecular flexibility index (Phi) is 4.58. The molecule has 0 unspecified atom stereocenters. The minimum Gasteiger partial charge on any atom is -0.458 e. The van der Waals surface area contributed by atoms with Gasteiger partial charge in [0.1, 0.15) is 12.2 Å². The van der Waals surface area contributed by atoms with Crippen molar-refractivity contribution in [1.29, 1.82) is 0 Å². The summed E-state index contributed by atoms with van der Waals surface area (Å²) in [7, 11) is 0. The van der Waals surface area contributed by atoms with Crippen LogP contribution < -0.4 is 0 Å². The summed E-state index contributed by atoms with van der Waals surface area (Å²) in [6.45, 7) is 2.59. The summed E-state index contributed by atoms with van der Waals surface area (Å²) in [5, 5.41) is 0. The van der Waals surface area contributed by atoms with Crippen LogP contribution in [-0.4, -0.2) is 24.9 Å². The highest BCUT2D eigenvalue weighted by molar-refractivity contribution is 5.83. The number of rotatable bonds is 3. The molecule has 0 saturated heterocycles. The monoisotopic (exact) mass is 248 g/mol. The molecule has 0 heterocycles. The first-order valence-electron chi connectivity index (χ1n) is 3.72. The van der Waals surface area contributed by atoms with Gasteiger partial charge in [-0.05, 0) is 0 Å². The van der Waals surface area contributed by atoms with E-state index >= 15 is 0 Å². The third-order valence-corrected chi connectivity index (χ3v) is 1.22. The first-order valence-corrected chi connectivity index (χ1v) is 3.72. The summed E-state index contributed by atoms with van der Waals surface area (Å²) in [6, 6.07) is 0. The zero-order chi connectivity index (χ0) is 13.0. The third kappa shape index (κ3) is 4.85. The van der Waals surface area contributed by atoms with Crippen molar-refractivity contribution in [2.75, 3.05) is 6.61 Å². The van der Waals surface area contributed by atoms with E-state index in [0.717, 1.165) is 6.08 Å². The fraction of sp³-hybridized carbons (Fsp3) is 0.375. The van der Waals surface area contributed by atoms with E-state index in [1.54, 1.807) is 0 Å². The largest absolute Gasteiger partial charge is 0.458 e. The molecule has 0 rings (SSSR count). The van der Waals surface area contributed by atoms with Crippen LogP contribution in [-0.2, 0) is 9.53 Å². The average Bonchev–Trinajstić information content (AvgIpc) is 2.07. The van der Waals surface area contributed by atoms with Gasteiger partial charge in [0.25, 0.3) is 0 Å². The van der Waals surface area contributed by atoms with Gasteiger partial charge in [-0.15, -0.1) is 0 Å². The number of esters is 1. The molecule has 0 aromatic rings. The van der Waals surface area contributed by atoms with E-state index in [1.807, 2.05) is 0 Å². The quantitative estimate of drug-likeness (QED) is 0.332. The van der Waals surface area contributed by atoms with Crippen LogP contribution in [0.25, 0.3) is 0 Å². The molecule has 8 heteroatoms. The Morgan fingerprint density at radius 2 is 1.56 bits per heavy atom. The van der Waals surface area contributed by atoms with Gasteiger partial charge >= 0.3 is 18.3 Å². The molecule has 0 spiro atoms. The van der Waals surface area contributed by atoms with Crippen LogP contribution in [0, 0.1) is 0 Å². The van der Waals surface area contributed by atoms with E-state index in [9.17, 15) is 31.1 Å². The lowest BCUT2D eigenvalue weighted by molar-refractivity contribution is -0.174. The zero-order valence-corrected chi connectivity index (χ0v) is 7.65. The van der Waals surface area contributed by atoms with Gasteiger partial charge in [0, 0.05) is 6.08 Å². The highest BCUT2D eigenvalue weighted by atomic mass is 19.4. The summed E-state index contributed by atoms with van der Waals surface area (Å²) in [5.74, 6) is -1.73. The SMILES string of the molecule is C=CCOC(=O)C=C(C(F)(F)F)C(F)(F)F. The van der Waals surface area contributed by atoms with Crippen LogP contribution in [0.2, 0.25) is 0 Å². The van der Waals surface area contributed by atoms with Gasteiger partial charge in [-0.3, -0.25) is 0 Å². The van der Waals surface area contributed by atoms with Gasteiger partial charge in [-0.25, -0.2) is 4.79 Å². The number of allylic oxidation sites excluding steroid dienone is 1. The Labute approximate surface area is 86.2 Å². The summed E-state index contributed by atoms with van der Waals surface area (Å²) in [6.07, 6.45) is -11.0. The molecule has 2 nitrogen and oxygen atoms in total. The van der Waals surface area contributed by atoms with Crippen LogP contribution in [0.3, 0.4) is 0 Å². The lowest BCUT2D eigenvalue weighted by Crippen LogP contribution is -2.27. The van der Waals surface area contributed by atoms with E-state index in [-0.39, 0.29) is 0 Å². The maximum Gasteiger partial charge on any atom is 0.421 e. The number of carbonyl (C=O) groups is 1. The molecule has 0 saturated carbocycles. The molecule has 92 valence electrons. The number of alkyl halides is 6. The number of halogens is 6. The van der Waals surface area contributed by atoms with Crippen LogP contribution in [0.1, 0.15) is 0 Å². The zero-order valence-electron chi connectivity index (χ0n) is 7.65. The van der Waals surface area contributed by atoms with E-state index < -0.39 is 36.6 Å². The van der Waals surface area contributed by atoms with Crippen LogP contribution in [0.4, 0.5) is 26.3 Å². The molecule has 0 aromatic heterocycles. The smallest absolute Gasteiger partial charge is 0.421 e. The first kappa shape index (κ1) is 14.5. The molecule has 0 radical (unpaired) electrons. The molecule has 0 fully saturated rings. The van der Waals surface area contributed by atoms with E-state index in [4.69, 9.17) is 0 Å². The van der Waals surface area contributed by atoms with Gasteiger partial charge in [0.15, 0.2) is 0 Å². The van der Waals surface area contributed by atoms with Crippen molar-refractivity contribution >= 4 is 5.97 Å². The normalized spacial score (nSPS) is 11.9. The van der Waals surface area contributed by atoms with Crippen molar-refractivity contribution in [3.63, 3.8) is 0 Å². The van der Waals surface area contributed by atoms with Crippen molar-refractivity contribution < 1.29 is 35.9 Å². The molecule has 0 aliphatic heterocycles. The fourth-order valence-electron chi connectivity index (χ4n) is 0.625. The minimum atomic E-state index is -5.66. The average molecular weight is 248 g/mol. The Morgan fingerprint density at radius 3 is 1.88 bits per heavy atom. The second-order valence-electron chi connectivity index (χ2n) is 2.47. The van der Waals surface area contributed by atoms with Crippen LogP contribution in [0.15, 0.2) is 24.3 Å². The first-order chi connectivity index (χ1) is 7.09. The fourth-order valence-corrected chi connectivity index (χ4v) is 0.625. The summed E-state index contributed by atoms with van der Waals surface area (Å²) < 4.78 is 75.3. The second kappa shape index (κ2) is 5.04. The van der Waals surface area contributed by atoms with Gasteiger partial charge in [-0.2, -0.15) is 26.3 Å². The lowest BCUT2D eigenvalue weighted by atomic mass is 10.2. The third-order valence-electron chi connectivity index (χ3n) is 1.22. The minimum absolute atomic E-state index is 0.474. The maximum absolute atomic E-state index is 11.9.